The molecular formula is C13H20S. The standard InChI is InChI=1S/C13H20S/c1-4-5-8-12-9-6-7-10-13(12)14-11(2)3/h6-7,9-11H,4-5,8H2,1-3H3. The minimum Gasteiger partial charge on any atom is -0.123 e. The Morgan fingerprint density at radius 3 is 2.57 bits per heavy atom. The SMILES string of the molecule is CCCCc1ccccc1SC(C)C. The van der Waals surface area contributed by atoms with Crippen LogP contribution in [0.1, 0.15) is 39.2 Å². The summed E-state index contributed by atoms with van der Waals surface area (Å²) in [7, 11) is 0. The maximum atomic E-state index is 2.26. The van der Waals surface area contributed by atoms with Gasteiger partial charge in [0, 0.05) is 10.1 Å². The first-order valence-electron chi connectivity index (χ1n) is 5.48. The van der Waals surface area contributed by atoms with Gasteiger partial charge in [0.25, 0.3) is 0 Å². The molecule has 0 saturated carbocycles. The smallest absolute Gasteiger partial charge is 0.0107 e. The maximum Gasteiger partial charge on any atom is 0.0107 e. The van der Waals surface area contributed by atoms with E-state index in [-0.39, 0.29) is 0 Å². The third kappa shape index (κ3) is 3.75. The van der Waals surface area contributed by atoms with Gasteiger partial charge in [-0.05, 0) is 24.5 Å². The van der Waals surface area contributed by atoms with Gasteiger partial charge in [0.15, 0.2) is 0 Å². The zero-order valence-electron chi connectivity index (χ0n) is 9.42. The van der Waals surface area contributed by atoms with Crippen molar-refractivity contribution in [2.45, 2.75) is 50.2 Å². The Morgan fingerprint density at radius 1 is 1.21 bits per heavy atom. The van der Waals surface area contributed by atoms with Crippen molar-refractivity contribution in [3.05, 3.63) is 29.8 Å². The normalized spacial score (nSPS) is 10.9. The van der Waals surface area contributed by atoms with Crippen LogP contribution in [0.25, 0.3) is 0 Å². The van der Waals surface area contributed by atoms with Gasteiger partial charge in [-0.3, -0.25) is 0 Å². The maximum absolute atomic E-state index is 2.26. The Kier molecular flexibility index (Phi) is 5.10. The minimum absolute atomic E-state index is 0.678. The van der Waals surface area contributed by atoms with Crippen LogP contribution in [0.2, 0.25) is 0 Å². The van der Waals surface area contributed by atoms with E-state index in [1.807, 2.05) is 11.8 Å². The summed E-state index contributed by atoms with van der Waals surface area (Å²) in [6.45, 7) is 6.75. The van der Waals surface area contributed by atoms with E-state index in [2.05, 4.69) is 45.0 Å². The van der Waals surface area contributed by atoms with E-state index in [4.69, 9.17) is 0 Å². The van der Waals surface area contributed by atoms with Crippen molar-refractivity contribution in [2.24, 2.45) is 0 Å². The molecule has 0 bridgehead atoms. The van der Waals surface area contributed by atoms with Gasteiger partial charge in [-0.1, -0.05) is 45.4 Å². The summed E-state index contributed by atoms with van der Waals surface area (Å²) in [5.41, 5.74) is 1.52. The van der Waals surface area contributed by atoms with E-state index in [1.165, 1.54) is 29.7 Å². The number of aryl methyl sites for hydroxylation is 1. The molecule has 78 valence electrons. The number of hydrogen-bond acceptors (Lipinski definition) is 1. The summed E-state index contributed by atoms with van der Waals surface area (Å²) < 4.78 is 0. The van der Waals surface area contributed by atoms with Crippen molar-refractivity contribution in [3.8, 4) is 0 Å². The first-order chi connectivity index (χ1) is 6.74. The molecule has 14 heavy (non-hydrogen) atoms. The Bertz CT molecular complexity index is 266. The minimum atomic E-state index is 0.678. The molecule has 0 N–H and O–H groups in total. The Morgan fingerprint density at radius 2 is 1.93 bits per heavy atom. The molecule has 0 aliphatic heterocycles. The van der Waals surface area contributed by atoms with E-state index in [1.54, 1.807) is 0 Å². The molecule has 0 fully saturated rings. The van der Waals surface area contributed by atoms with E-state index in [9.17, 15) is 0 Å². The Labute approximate surface area is 92.1 Å². The van der Waals surface area contributed by atoms with Crippen LogP contribution in [0.15, 0.2) is 29.2 Å². The summed E-state index contributed by atoms with van der Waals surface area (Å²) in [6, 6.07) is 8.80. The molecule has 1 heteroatoms. The van der Waals surface area contributed by atoms with Crippen molar-refractivity contribution in [1.29, 1.82) is 0 Å². The predicted molar refractivity (Wildman–Crippen MR) is 66.0 cm³/mol. The van der Waals surface area contributed by atoms with Crippen molar-refractivity contribution >= 4 is 11.8 Å². The molecule has 0 unspecified atom stereocenters. The average molecular weight is 208 g/mol. The summed E-state index contributed by atoms with van der Waals surface area (Å²) in [6.07, 6.45) is 3.81. The number of benzene rings is 1. The first-order valence-corrected chi connectivity index (χ1v) is 6.36. The lowest BCUT2D eigenvalue weighted by Gasteiger charge is -2.10. The lowest BCUT2D eigenvalue weighted by molar-refractivity contribution is 0.785. The van der Waals surface area contributed by atoms with Crippen LogP contribution in [0.3, 0.4) is 0 Å². The molecule has 0 aliphatic rings. The average Bonchev–Trinajstić information content (AvgIpc) is 2.16. The van der Waals surface area contributed by atoms with E-state index in [0.29, 0.717) is 5.25 Å². The highest BCUT2D eigenvalue weighted by Gasteiger charge is 2.03. The molecule has 1 aromatic carbocycles. The lowest BCUT2D eigenvalue weighted by Crippen LogP contribution is -1.92. The second-order valence-corrected chi connectivity index (χ2v) is 5.50. The Hall–Kier alpha value is -0.430. The first kappa shape index (κ1) is 11.6. The van der Waals surface area contributed by atoms with Crippen LogP contribution in [-0.2, 0) is 6.42 Å². The van der Waals surface area contributed by atoms with Gasteiger partial charge in [0.2, 0.25) is 0 Å². The summed E-state index contributed by atoms with van der Waals surface area (Å²) in [5, 5.41) is 0.678. The molecule has 0 radical (unpaired) electrons. The molecule has 0 atom stereocenters. The van der Waals surface area contributed by atoms with Crippen molar-refractivity contribution in [2.75, 3.05) is 0 Å². The van der Waals surface area contributed by atoms with Gasteiger partial charge < -0.3 is 0 Å². The van der Waals surface area contributed by atoms with Gasteiger partial charge >= 0.3 is 0 Å². The van der Waals surface area contributed by atoms with Crippen molar-refractivity contribution in [3.63, 3.8) is 0 Å². The third-order valence-corrected chi connectivity index (χ3v) is 3.26. The van der Waals surface area contributed by atoms with Crippen LogP contribution < -0.4 is 0 Å². The molecule has 0 spiro atoms. The molecule has 0 amide bonds. The number of hydrogen-bond donors (Lipinski definition) is 0. The van der Waals surface area contributed by atoms with E-state index >= 15 is 0 Å². The van der Waals surface area contributed by atoms with Crippen LogP contribution in [0, 0.1) is 0 Å². The fraction of sp³-hybridized carbons (Fsp3) is 0.538. The zero-order chi connectivity index (χ0) is 10.4. The zero-order valence-corrected chi connectivity index (χ0v) is 10.2. The highest BCUT2D eigenvalue weighted by molar-refractivity contribution is 8.00. The van der Waals surface area contributed by atoms with Gasteiger partial charge in [-0.15, -0.1) is 11.8 Å². The van der Waals surface area contributed by atoms with Gasteiger partial charge in [0.1, 0.15) is 0 Å². The third-order valence-electron chi connectivity index (χ3n) is 2.13. The number of unbranched alkanes of at least 4 members (excludes halogenated alkanes) is 1. The van der Waals surface area contributed by atoms with Gasteiger partial charge in [-0.2, -0.15) is 0 Å². The molecule has 0 aromatic heterocycles. The predicted octanol–water partition coefficient (Wildman–Crippen LogP) is 4.53. The Balaban J connectivity index is 2.69. The number of thioether (sulfide) groups is 1. The van der Waals surface area contributed by atoms with Crippen molar-refractivity contribution in [1.82, 2.24) is 0 Å². The second kappa shape index (κ2) is 6.13. The fourth-order valence-electron chi connectivity index (χ4n) is 1.45. The summed E-state index contributed by atoms with van der Waals surface area (Å²) in [5.74, 6) is 0. The summed E-state index contributed by atoms with van der Waals surface area (Å²) >= 11 is 1.98. The van der Waals surface area contributed by atoms with Gasteiger partial charge in [0.05, 0.1) is 0 Å². The quantitative estimate of drug-likeness (QED) is 0.641. The largest absolute Gasteiger partial charge is 0.123 e. The topological polar surface area (TPSA) is 0 Å². The second-order valence-electron chi connectivity index (χ2n) is 3.88. The molecule has 0 nitrogen and oxygen atoms in total. The highest BCUT2D eigenvalue weighted by atomic mass is 32.2. The highest BCUT2D eigenvalue weighted by Crippen LogP contribution is 2.27. The molecule has 1 rings (SSSR count). The van der Waals surface area contributed by atoms with Crippen LogP contribution in [-0.4, -0.2) is 5.25 Å². The van der Waals surface area contributed by atoms with E-state index in [0.717, 1.165) is 0 Å². The summed E-state index contributed by atoms with van der Waals surface area (Å²) in [4.78, 5) is 1.47. The monoisotopic (exact) mass is 208 g/mol. The van der Waals surface area contributed by atoms with Crippen LogP contribution >= 0.6 is 11.8 Å². The molecular weight excluding hydrogens is 188 g/mol. The lowest BCUT2D eigenvalue weighted by atomic mass is 10.1. The van der Waals surface area contributed by atoms with Crippen LogP contribution in [0.4, 0.5) is 0 Å². The van der Waals surface area contributed by atoms with Crippen LogP contribution in [0.5, 0.6) is 0 Å². The van der Waals surface area contributed by atoms with Gasteiger partial charge in [-0.25, -0.2) is 0 Å². The molecule has 0 saturated heterocycles. The molecule has 1 aromatic rings. The number of rotatable bonds is 5. The van der Waals surface area contributed by atoms with E-state index < -0.39 is 0 Å². The fourth-order valence-corrected chi connectivity index (χ4v) is 2.43. The molecule has 0 heterocycles. The van der Waals surface area contributed by atoms with Crippen molar-refractivity contribution < 1.29 is 0 Å². The molecule has 0 aliphatic carbocycles.